The van der Waals surface area contributed by atoms with Crippen LogP contribution < -0.4 is 0 Å². The molecule has 0 radical (unpaired) electrons. The second-order valence-corrected chi connectivity index (χ2v) is 2.83. The summed E-state index contributed by atoms with van der Waals surface area (Å²) in [6.07, 6.45) is 6.68. The summed E-state index contributed by atoms with van der Waals surface area (Å²) < 4.78 is 4.55. The van der Waals surface area contributed by atoms with E-state index in [1.54, 1.807) is 6.08 Å². The van der Waals surface area contributed by atoms with Crippen molar-refractivity contribution in [3.8, 4) is 0 Å². The van der Waals surface area contributed by atoms with Crippen LogP contribution in [0.2, 0.25) is 0 Å². The van der Waals surface area contributed by atoms with Crippen LogP contribution in [-0.2, 0) is 9.53 Å². The first-order chi connectivity index (χ1) is 7.29. The average Bonchev–Trinajstić information content (AvgIpc) is 2.24. The Morgan fingerprint density at radius 1 is 1.33 bits per heavy atom. The summed E-state index contributed by atoms with van der Waals surface area (Å²) in [6.45, 7) is 1.35. The van der Waals surface area contributed by atoms with E-state index in [9.17, 15) is 4.79 Å². The second kappa shape index (κ2) is 6.41. The minimum absolute atomic E-state index is 0.345. The van der Waals surface area contributed by atoms with Crippen molar-refractivity contribution in [2.75, 3.05) is 0 Å². The molecule has 0 N–H and O–H groups in total. The molecule has 0 saturated heterocycles. The fourth-order valence-electron chi connectivity index (χ4n) is 0.935. The molecule has 2 heteroatoms. The van der Waals surface area contributed by atoms with Crippen LogP contribution in [-0.4, -0.2) is 5.97 Å². The molecular weight excluding hydrogens is 188 g/mol. The number of carbonyl (C=O) groups is 1. The monoisotopic (exact) mass is 200 g/mol. The van der Waals surface area contributed by atoms with E-state index in [-0.39, 0.29) is 5.97 Å². The first kappa shape index (κ1) is 11.0. The number of allylic oxidation sites excluding steroid dienone is 2. The summed E-state index contributed by atoms with van der Waals surface area (Å²) in [5.74, 6) is -0.345. The highest BCUT2D eigenvalue weighted by atomic mass is 16.5. The molecule has 76 valence electrons. The average molecular weight is 200 g/mol. The third-order valence-electron chi connectivity index (χ3n) is 1.57. The summed E-state index contributed by atoms with van der Waals surface area (Å²) in [5.41, 5.74) is 3.82. The van der Waals surface area contributed by atoms with Crippen LogP contribution in [0.15, 0.2) is 54.5 Å². The number of carbonyl (C=O) groups excluding carboxylic acids is 1. The SMILES string of the molecule is CC(=O)OC=C=C/C=C/c1ccccc1. The molecule has 0 aliphatic carbocycles. The van der Waals surface area contributed by atoms with Crippen molar-refractivity contribution in [1.29, 1.82) is 0 Å². The van der Waals surface area contributed by atoms with Crippen molar-refractivity contribution in [3.63, 3.8) is 0 Å². The topological polar surface area (TPSA) is 26.3 Å². The molecule has 0 atom stereocenters. The second-order valence-electron chi connectivity index (χ2n) is 2.83. The van der Waals surface area contributed by atoms with Crippen molar-refractivity contribution in [3.05, 3.63) is 60.0 Å². The third kappa shape index (κ3) is 5.29. The fourth-order valence-corrected chi connectivity index (χ4v) is 0.935. The highest BCUT2D eigenvalue weighted by Crippen LogP contribution is 2.00. The van der Waals surface area contributed by atoms with Crippen molar-refractivity contribution in [2.45, 2.75) is 6.92 Å². The lowest BCUT2D eigenvalue weighted by Crippen LogP contribution is -1.88. The zero-order valence-electron chi connectivity index (χ0n) is 8.51. The van der Waals surface area contributed by atoms with Crippen LogP contribution in [0.4, 0.5) is 0 Å². The van der Waals surface area contributed by atoms with Gasteiger partial charge in [0.25, 0.3) is 0 Å². The minimum atomic E-state index is -0.345. The summed E-state index contributed by atoms with van der Waals surface area (Å²) >= 11 is 0. The Morgan fingerprint density at radius 2 is 2.07 bits per heavy atom. The largest absolute Gasteiger partial charge is 0.426 e. The van der Waals surface area contributed by atoms with Crippen molar-refractivity contribution < 1.29 is 9.53 Å². The Hall–Kier alpha value is -2.05. The molecule has 15 heavy (non-hydrogen) atoms. The number of esters is 1. The molecule has 0 unspecified atom stereocenters. The van der Waals surface area contributed by atoms with Gasteiger partial charge in [0.15, 0.2) is 0 Å². The number of ether oxygens (including phenoxy) is 1. The van der Waals surface area contributed by atoms with Gasteiger partial charge in [-0.2, -0.15) is 0 Å². The van der Waals surface area contributed by atoms with Crippen molar-refractivity contribution in [2.24, 2.45) is 0 Å². The van der Waals surface area contributed by atoms with Crippen LogP contribution in [0, 0.1) is 0 Å². The predicted octanol–water partition coefficient (Wildman–Crippen LogP) is 2.93. The van der Waals surface area contributed by atoms with E-state index in [0.717, 1.165) is 5.56 Å². The van der Waals surface area contributed by atoms with E-state index in [4.69, 9.17) is 0 Å². The summed E-state index contributed by atoms with van der Waals surface area (Å²) in [6, 6.07) is 9.91. The number of hydrogen-bond acceptors (Lipinski definition) is 2. The quantitative estimate of drug-likeness (QED) is 0.324. The standard InChI is InChI=1S/C13H12O2/c1-12(14)15-11-7-3-6-10-13-8-4-2-5-9-13/h2-6,8-11H,1H3/b10-6+. The maximum Gasteiger partial charge on any atom is 0.308 e. The molecule has 1 aromatic rings. The summed E-state index contributed by atoms with van der Waals surface area (Å²) in [4.78, 5) is 10.4. The van der Waals surface area contributed by atoms with Gasteiger partial charge in [0.1, 0.15) is 6.26 Å². The number of benzene rings is 1. The van der Waals surface area contributed by atoms with E-state index >= 15 is 0 Å². The van der Waals surface area contributed by atoms with E-state index in [1.807, 2.05) is 42.5 Å². The molecule has 2 nitrogen and oxygen atoms in total. The molecule has 0 saturated carbocycles. The summed E-state index contributed by atoms with van der Waals surface area (Å²) in [7, 11) is 0. The molecule has 1 rings (SSSR count). The normalized spacial score (nSPS) is 9.40. The minimum Gasteiger partial charge on any atom is -0.426 e. The van der Waals surface area contributed by atoms with Gasteiger partial charge >= 0.3 is 5.97 Å². The smallest absolute Gasteiger partial charge is 0.308 e. The highest BCUT2D eigenvalue weighted by molar-refractivity contribution is 5.66. The van der Waals surface area contributed by atoms with Crippen LogP contribution in [0.1, 0.15) is 12.5 Å². The molecule has 1 aromatic carbocycles. The highest BCUT2D eigenvalue weighted by Gasteiger charge is 1.81. The van der Waals surface area contributed by atoms with E-state index in [2.05, 4.69) is 10.5 Å². The van der Waals surface area contributed by atoms with E-state index < -0.39 is 0 Å². The zero-order chi connectivity index (χ0) is 10.9. The van der Waals surface area contributed by atoms with Gasteiger partial charge < -0.3 is 4.74 Å². The Morgan fingerprint density at radius 3 is 2.73 bits per heavy atom. The van der Waals surface area contributed by atoms with Gasteiger partial charge in [0, 0.05) is 6.92 Å². The van der Waals surface area contributed by atoms with Gasteiger partial charge in [-0.05, 0) is 11.6 Å². The molecule has 0 heterocycles. The van der Waals surface area contributed by atoms with Gasteiger partial charge in [-0.25, -0.2) is 0 Å². The van der Waals surface area contributed by atoms with Crippen LogP contribution in [0.3, 0.4) is 0 Å². The van der Waals surface area contributed by atoms with Crippen molar-refractivity contribution >= 4 is 12.0 Å². The predicted molar refractivity (Wildman–Crippen MR) is 59.9 cm³/mol. The number of hydrogen-bond donors (Lipinski definition) is 0. The molecule has 0 aliphatic rings. The molecule has 0 fully saturated rings. The maximum atomic E-state index is 10.4. The van der Waals surface area contributed by atoms with Gasteiger partial charge in [0.2, 0.25) is 0 Å². The van der Waals surface area contributed by atoms with E-state index in [1.165, 1.54) is 13.2 Å². The Balaban J connectivity index is 2.46. The Bertz CT molecular complexity index is 396. The lowest BCUT2D eigenvalue weighted by molar-refractivity contribution is -0.135. The first-order valence-corrected chi connectivity index (χ1v) is 4.59. The third-order valence-corrected chi connectivity index (χ3v) is 1.57. The van der Waals surface area contributed by atoms with Gasteiger partial charge in [-0.15, -0.1) is 0 Å². The first-order valence-electron chi connectivity index (χ1n) is 4.59. The van der Waals surface area contributed by atoms with Crippen LogP contribution in [0.25, 0.3) is 6.08 Å². The molecule has 0 aliphatic heterocycles. The van der Waals surface area contributed by atoms with Crippen molar-refractivity contribution in [1.82, 2.24) is 0 Å². The molecular formula is C13H12O2. The summed E-state index contributed by atoms with van der Waals surface area (Å²) in [5, 5.41) is 0. The van der Waals surface area contributed by atoms with E-state index in [0.29, 0.717) is 0 Å². The lowest BCUT2D eigenvalue weighted by atomic mass is 10.2. The molecule has 0 amide bonds. The Labute approximate surface area is 89.2 Å². The molecule has 0 bridgehead atoms. The van der Waals surface area contributed by atoms with Crippen LogP contribution >= 0.6 is 0 Å². The van der Waals surface area contributed by atoms with Gasteiger partial charge in [0.05, 0.1) is 0 Å². The number of rotatable bonds is 3. The molecule has 0 spiro atoms. The Kier molecular flexibility index (Phi) is 4.71. The van der Waals surface area contributed by atoms with Gasteiger partial charge in [-0.1, -0.05) is 48.2 Å². The van der Waals surface area contributed by atoms with Crippen LogP contribution in [0.5, 0.6) is 0 Å². The maximum absolute atomic E-state index is 10.4. The zero-order valence-corrected chi connectivity index (χ0v) is 8.51. The fraction of sp³-hybridized carbons (Fsp3) is 0.0769. The lowest BCUT2D eigenvalue weighted by Gasteiger charge is -1.87. The molecule has 0 aromatic heterocycles. The van der Waals surface area contributed by atoms with Gasteiger partial charge in [-0.3, -0.25) is 4.79 Å².